The highest BCUT2D eigenvalue weighted by atomic mass is 16.5. The van der Waals surface area contributed by atoms with Crippen molar-refractivity contribution in [1.29, 1.82) is 0 Å². The number of rotatable bonds is 7. The standard InChI is InChI=1S/C22H27NO2/c1-3-7-18(8-4-1)15-24-17-20-11-13-23-14-12-21(22(20)23)25-16-19-9-5-2-6-10-19/h1-10,20-22H,11-17H2/t20-,21-,22-/m1/s1. The Morgan fingerprint density at radius 3 is 2.16 bits per heavy atom. The predicted molar refractivity (Wildman–Crippen MR) is 99.2 cm³/mol. The molecule has 4 rings (SSSR count). The largest absolute Gasteiger partial charge is 0.376 e. The van der Waals surface area contributed by atoms with Gasteiger partial charge in [-0.15, -0.1) is 0 Å². The average molecular weight is 337 g/mol. The Morgan fingerprint density at radius 2 is 1.44 bits per heavy atom. The summed E-state index contributed by atoms with van der Waals surface area (Å²) < 4.78 is 12.3. The van der Waals surface area contributed by atoms with Crippen molar-refractivity contribution in [3.05, 3.63) is 71.8 Å². The summed E-state index contributed by atoms with van der Waals surface area (Å²) in [5, 5.41) is 0. The van der Waals surface area contributed by atoms with Crippen LogP contribution >= 0.6 is 0 Å². The van der Waals surface area contributed by atoms with Crippen LogP contribution < -0.4 is 0 Å². The SMILES string of the molecule is c1ccc(COC[C@H]2CCN3CC[C@@H](OCc4ccccc4)[C@@H]23)cc1. The Morgan fingerprint density at radius 1 is 0.800 bits per heavy atom. The van der Waals surface area contributed by atoms with Gasteiger partial charge >= 0.3 is 0 Å². The summed E-state index contributed by atoms with van der Waals surface area (Å²) in [6.45, 7) is 4.61. The highest BCUT2D eigenvalue weighted by Crippen LogP contribution is 2.35. The summed E-state index contributed by atoms with van der Waals surface area (Å²) in [5.74, 6) is 0.590. The third-order valence-corrected chi connectivity index (χ3v) is 5.52. The quantitative estimate of drug-likeness (QED) is 0.765. The fourth-order valence-electron chi connectivity index (χ4n) is 4.26. The van der Waals surface area contributed by atoms with E-state index in [9.17, 15) is 0 Å². The first-order chi connectivity index (χ1) is 12.4. The van der Waals surface area contributed by atoms with Crippen molar-refractivity contribution in [1.82, 2.24) is 4.90 Å². The van der Waals surface area contributed by atoms with Gasteiger partial charge in [0.1, 0.15) is 0 Å². The zero-order chi connectivity index (χ0) is 16.9. The molecule has 2 saturated heterocycles. The Kier molecular flexibility index (Phi) is 5.46. The number of ether oxygens (including phenoxy) is 2. The molecule has 0 unspecified atom stereocenters. The molecule has 0 bridgehead atoms. The fraction of sp³-hybridized carbons (Fsp3) is 0.455. The van der Waals surface area contributed by atoms with Gasteiger partial charge in [-0.3, -0.25) is 4.90 Å². The molecule has 2 heterocycles. The minimum absolute atomic E-state index is 0.341. The van der Waals surface area contributed by atoms with Crippen molar-refractivity contribution < 1.29 is 9.47 Å². The van der Waals surface area contributed by atoms with Crippen molar-refractivity contribution in [2.45, 2.75) is 38.2 Å². The Hall–Kier alpha value is -1.68. The second-order valence-corrected chi connectivity index (χ2v) is 7.20. The Bertz CT molecular complexity index is 646. The molecule has 25 heavy (non-hydrogen) atoms. The van der Waals surface area contributed by atoms with E-state index in [0.29, 0.717) is 31.3 Å². The Labute approximate surface area is 150 Å². The highest BCUT2D eigenvalue weighted by molar-refractivity contribution is 5.14. The fourth-order valence-corrected chi connectivity index (χ4v) is 4.26. The molecule has 0 saturated carbocycles. The van der Waals surface area contributed by atoms with Crippen molar-refractivity contribution in [2.75, 3.05) is 19.7 Å². The van der Waals surface area contributed by atoms with Crippen LogP contribution in [0.4, 0.5) is 0 Å². The van der Waals surface area contributed by atoms with E-state index in [4.69, 9.17) is 9.47 Å². The van der Waals surface area contributed by atoms with Gasteiger partial charge in [-0.05, 0) is 30.5 Å². The molecule has 0 radical (unpaired) electrons. The Balaban J connectivity index is 1.29. The molecule has 2 aliphatic rings. The van der Waals surface area contributed by atoms with E-state index in [-0.39, 0.29) is 0 Å². The van der Waals surface area contributed by atoms with Crippen LogP contribution in [0, 0.1) is 5.92 Å². The normalized spacial score (nSPS) is 26.0. The summed E-state index contributed by atoms with van der Waals surface area (Å²) in [4.78, 5) is 2.60. The molecule has 0 spiro atoms. The summed E-state index contributed by atoms with van der Waals surface area (Å²) in [6, 6.07) is 21.5. The van der Waals surface area contributed by atoms with Crippen molar-refractivity contribution in [3.63, 3.8) is 0 Å². The van der Waals surface area contributed by atoms with Crippen LogP contribution in [0.3, 0.4) is 0 Å². The topological polar surface area (TPSA) is 21.7 Å². The van der Waals surface area contributed by atoms with Crippen LogP contribution in [0.25, 0.3) is 0 Å². The molecule has 2 aromatic rings. The average Bonchev–Trinajstić information content (AvgIpc) is 3.25. The van der Waals surface area contributed by atoms with E-state index in [1.807, 2.05) is 6.07 Å². The lowest BCUT2D eigenvalue weighted by atomic mass is 9.97. The minimum atomic E-state index is 0.341. The lowest BCUT2D eigenvalue weighted by molar-refractivity contribution is -0.00573. The van der Waals surface area contributed by atoms with Crippen LogP contribution in [0.5, 0.6) is 0 Å². The lowest BCUT2D eigenvalue weighted by Gasteiger charge is -2.26. The van der Waals surface area contributed by atoms with E-state index in [2.05, 4.69) is 59.5 Å². The molecule has 3 heteroatoms. The molecular weight excluding hydrogens is 310 g/mol. The number of hydrogen-bond donors (Lipinski definition) is 0. The lowest BCUT2D eigenvalue weighted by Crippen LogP contribution is -2.37. The third-order valence-electron chi connectivity index (χ3n) is 5.52. The molecule has 0 aliphatic carbocycles. The predicted octanol–water partition coefficient (Wildman–Crippen LogP) is 3.88. The van der Waals surface area contributed by atoms with E-state index >= 15 is 0 Å². The van der Waals surface area contributed by atoms with Crippen molar-refractivity contribution in [2.24, 2.45) is 5.92 Å². The smallest absolute Gasteiger partial charge is 0.0750 e. The van der Waals surface area contributed by atoms with Gasteiger partial charge in [-0.2, -0.15) is 0 Å². The van der Waals surface area contributed by atoms with Gasteiger partial charge in [0.25, 0.3) is 0 Å². The van der Waals surface area contributed by atoms with E-state index in [0.717, 1.165) is 13.0 Å². The first-order valence-electron chi connectivity index (χ1n) is 9.41. The summed E-state index contributed by atoms with van der Waals surface area (Å²) in [5.41, 5.74) is 2.51. The summed E-state index contributed by atoms with van der Waals surface area (Å²) in [6.07, 6.45) is 2.71. The highest BCUT2D eigenvalue weighted by Gasteiger charge is 2.44. The van der Waals surface area contributed by atoms with Crippen LogP contribution in [0.15, 0.2) is 60.7 Å². The molecule has 2 aromatic carbocycles. The molecule has 132 valence electrons. The van der Waals surface area contributed by atoms with E-state index in [1.165, 1.54) is 30.6 Å². The molecule has 3 nitrogen and oxygen atoms in total. The van der Waals surface area contributed by atoms with Gasteiger partial charge in [-0.25, -0.2) is 0 Å². The zero-order valence-electron chi connectivity index (χ0n) is 14.7. The number of nitrogens with zero attached hydrogens (tertiary/aromatic N) is 1. The molecular formula is C22H27NO2. The van der Waals surface area contributed by atoms with Crippen LogP contribution in [-0.2, 0) is 22.7 Å². The number of fused-ring (bicyclic) bond motifs is 1. The number of hydrogen-bond acceptors (Lipinski definition) is 3. The van der Waals surface area contributed by atoms with E-state index < -0.39 is 0 Å². The van der Waals surface area contributed by atoms with Gasteiger partial charge in [-0.1, -0.05) is 60.7 Å². The minimum Gasteiger partial charge on any atom is -0.376 e. The monoisotopic (exact) mass is 337 g/mol. The van der Waals surface area contributed by atoms with E-state index in [1.54, 1.807) is 0 Å². The van der Waals surface area contributed by atoms with Gasteiger partial charge in [0.15, 0.2) is 0 Å². The second kappa shape index (κ2) is 8.13. The van der Waals surface area contributed by atoms with Crippen LogP contribution in [-0.4, -0.2) is 36.7 Å². The maximum absolute atomic E-state index is 6.30. The van der Waals surface area contributed by atoms with Gasteiger partial charge < -0.3 is 9.47 Å². The molecule has 2 fully saturated rings. The second-order valence-electron chi connectivity index (χ2n) is 7.20. The summed E-state index contributed by atoms with van der Waals surface area (Å²) in [7, 11) is 0. The van der Waals surface area contributed by atoms with Crippen LogP contribution in [0.2, 0.25) is 0 Å². The van der Waals surface area contributed by atoms with Gasteiger partial charge in [0.05, 0.1) is 25.9 Å². The molecule has 0 aromatic heterocycles. The first kappa shape index (κ1) is 16.8. The summed E-state index contributed by atoms with van der Waals surface area (Å²) >= 11 is 0. The maximum atomic E-state index is 6.30. The van der Waals surface area contributed by atoms with Crippen molar-refractivity contribution >= 4 is 0 Å². The molecule has 0 amide bonds. The van der Waals surface area contributed by atoms with Crippen molar-refractivity contribution in [3.8, 4) is 0 Å². The van der Waals surface area contributed by atoms with Crippen LogP contribution in [0.1, 0.15) is 24.0 Å². The first-order valence-corrected chi connectivity index (χ1v) is 9.41. The third kappa shape index (κ3) is 4.12. The molecule has 3 atom stereocenters. The molecule has 2 aliphatic heterocycles. The maximum Gasteiger partial charge on any atom is 0.0750 e. The molecule has 0 N–H and O–H groups in total. The number of benzene rings is 2. The van der Waals surface area contributed by atoms with Gasteiger partial charge in [0.2, 0.25) is 0 Å². The van der Waals surface area contributed by atoms with Gasteiger partial charge in [0, 0.05) is 18.5 Å². The zero-order valence-corrected chi connectivity index (χ0v) is 14.7.